The Balaban J connectivity index is 1.46. The van der Waals surface area contributed by atoms with Gasteiger partial charge in [-0.15, -0.1) is 11.3 Å². The van der Waals surface area contributed by atoms with Crippen molar-refractivity contribution in [2.45, 2.75) is 19.0 Å². The third kappa shape index (κ3) is 5.32. The molecule has 0 saturated heterocycles. The number of pyridine rings is 1. The van der Waals surface area contributed by atoms with Crippen LogP contribution in [0, 0.1) is 5.82 Å². The van der Waals surface area contributed by atoms with E-state index in [1.54, 1.807) is 36.2 Å². The number of aromatic nitrogens is 3. The highest BCUT2D eigenvalue weighted by molar-refractivity contribution is 7.19. The van der Waals surface area contributed by atoms with Crippen LogP contribution in [0.4, 0.5) is 9.39 Å². The number of carbonyl (C=O) groups excluding carboxylic acids is 1. The first-order chi connectivity index (χ1) is 14.7. The fraction of sp³-hybridized carbons (Fsp3) is 0.143. The molecule has 30 heavy (non-hydrogen) atoms. The molecule has 0 bridgehead atoms. The molecule has 0 spiro atoms. The van der Waals surface area contributed by atoms with Gasteiger partial charge >= 0.3 is 0 Å². The van der Waals surface area contributed by atoms with Crippen LogP contribution in [0.25, 0.3) is 10.6 Å². The standard InChI is InChI=1S/C21H18FN5OS2/c22-16-3-1-14(2-4-16)9-18(24-10-17-12-29-13-26-17)20(28)27-19-11-25-21(30-19)15-5-7-23-8-6-15/h1-8,11-13,18,24H,9-10H2,(H,27,28)/t18-/m0/s1. The number of halogens is 1. The number of nitrogens with zero attached hydrogens (tertiary/aromatic N) is 3. The molecule has 0 unspecified atom stereocenters. The number of hydrogen-bond acceptors (Lipinski definition) is 7. The average molecular weight is 440 g/mol. The zero-order valence-corrected chi connectivity index (χ0v) is 17.4. The number of carbonyl (C=O) groups is 1. The van der Waals surface area contributed by atoms with Crippen molar-refractivity contribution in [2.24, 2.45) is 0 Å². The lowest BCUT2D eigenvalue weighted by molar-refractivity contribution is -0.118. The number of rotatable bonds is 8. The molecule has 0 aliphatic carbocycles. The van der Waals surface area contributed by atoms with Crippen LogP contribution >= 0.6 is 22.7 Å². The second-order valence-electron chi connectivity index (χ2n) is 6.50. The summed E-state index contributed by atoms with van der Waals surface area (Å²) in [6.45, 7) is 0.466. The van der Waals surface area contributed by atoms with E-state index in [4.69, 9.17) is 0 Å². The predicted octanol–water partition coefficient (Wildman–Crippen LogP) is 4.14. The zero-order chi connectivity index (χ0) is 20.8. The van der Waals surface area contributed by atoms with Gasteiger partial charge in [-0.2, -0.15) is 0 Å². The Kier molecular flexibility index (Phi) is 6.53. The molecule has 0 aliphatic rings. The number of anilines is 1. The van der Waals surface area contributed by atoms with Gasteiger partial charge in [0.15, 0.2) is 0 Å². The molecule has 3 heterocycles. The fourth-order valence-electron chi connectivity index (χ4n) is 2.83. The number of benzene rings is 1. The molecule has 0 aliphatic heterocycles. The van der Waals surface area contributed by atoms with Crippen molar-refractivity contribution in [3.8, 4) is 10.6 Å². The summed E-state index contributed by atoms with van der Waals surface area (Å²) in [6, 6.07) is 9.41. The third-order valence-electron chi connectivity index (χ3n) is 4.36. The molecule has 4 aromatic rings. The van der Waals surface area contributed by atoms with Crippen molar-refractivity contribution < 1.29 is 9.18 Å². The van der Waals surface area contributed by atoms with Crippen LogP contribution in [0.2, 0.25) is 0 Å². The third-order valence-corrected chi connectivity index (χ3v) is 5.96. The SMILES string of the molecule is O=C(Nc1cnc(-c2ccncc2)s1)[C@H](Cc1ccc(F)cc1)NCc1cscn1. The van der Waals surface area contributed by atoms with Gasteiger partial charge in [-0.05, 0) is 36.2 Å². The molecule has 4 rings (SSSR count). The normalized spacial score (nSPS) is 11.9. The summed E-state index contributed by atoms with van der Waals surface area (Å²) >= 11 is 2.90. The van der Waals surface area contributed by atoms with Crippen LogP contribution in [-0.2, 0) is 17.8 Å². The fourth-order valence-corrected chi connectivity index (χ4v) is 4.22. The van der Waals surface area contributed by atoms with E-state index >= 15 is 0 Å². The van der Waals surface area contributed by atoms with Crippen LogP contribution in [0.1, 0.15) is 11.3 Å². The molecule has 9 heteroatoms. The minimum Gasteiger partial charge on any atom is -0.315 e. The van der Waals surface area contributed by atoms with Crippen LogP contribution in [0.15, 0.2) is 65.9 Å². The maximum absolute atomic E-state index is 13.2. The molecule has 1 aromatic carbocycles. The Morgan fingerprint density at radius 3 is 2.63 bits per heavy atom. The molecule has 2 N–H and O–H groups in total. The van der Waals surface area contributed by atoms with Crippen molar-refractivity contribution in [3.63, 3.8) is 0 Å². The number of nitrogens with one attached hydrogen (secondary N) is 2. The first-order valence-corrected chi connectivity index (χ1v) is 11.0. The van der Waals surface area contributed by atoms with E-state index in [1.807, 2.05) is 17.5 Å². The van der Waals surface area contributed by atoms with Crippen LogP contribution in [0.3, 0.4) is 0 Å². The summed E-state index contributed by atoms with van der Waals surface area (Å²) in [5.74, 6) is -0.483. The molecule has 1 atom stereocenters. The van der Waals surface area contributed by atoms with Gasteiger partial charge in [0.2, 0.25) is 5.91 Å². The van der Waals surface area contributed by atoms with Crippen molar-refractivity contribution in [1.29, 1.82) is 0 Å². The number of thiazole rings is 2. The minimum absolute atomic E-state index is 0.181. The first-order valence-electron chi connectivity index (χ1n) is 9.19. The van der Waals surface area contributed by atoms with E-state index in [2.05, 4.69) is 25.6 Å². The summed E-state index contributed by atoms with van der Waals surface area (Å²) in [4.78, 5) is 25.6. The molecular weight excluding hydrogens is 421 g/mol. The highest BCUT2D eigenvalue weighted by atomic mass is 32.1. The zero-order valence-electron chi connectivity index (χ0n) is 15.8. The van der Waals surface area contributed by atoms with E-state index in [0.717, 1.165) is 21.8 Å². The maximum atomic E-state index is 13.2. The summed E-state index contributed by atoms with van der Waals surface area (Å²) in [5.41, 5.74) is 4.43. The van der Waals surface area contributed by atoms with Crippen molar-refractivity contribution in [1.82, 2.24) is 20.3 Å². The van der Waals surface area contributed by atoms with E-state index in [9.17, 15) is 9.18 Å². The molecule has 0 saturated carbocycles. The summed E-state index contributed by atoms with van der Waals surface area (Å²) < 4.78 is 13.2. The minimum atomic E-state index is -0.511. The van der Waals surface area contributed by atoms with Crippen molar-refractivity contribution in [2.75, 3.05) is 5.32 Å². The first kappa shape index (κ1) is 20.3. The lowest BCUT2D eigenvalue weighted by atomic mass is 10.1. The predicted molar refractivity (Wildman–Crippen MR) is 117 cm³/mol. The van der Waals surface area contributed by atoms with Crippen molar-refractivity contribution in [3.05, 3.63) is 83.0 Å². The van der Waals surface area contributed by atoms with Crippen molar-refractivity contribution >= 4 is 33.6 Å². The lowest BCUT2D eigenvalue weighted by Gasteiger charge is -2.17. The smallest absolute Gasteiger partial charge is 0.242 e. The summed E-state index contributed by atoms with van der Waals surface area (Å²) in [5, 5.41) is 9.60. The Morgan fingerprint density at radius 2 is 1.90 bits per heavy atom. The Labute approximate surface area is 180 Å². The van der Waals surface area contributed by atoms with Crippen LogP contribution < -0.4 is 10.6 Å². The second-order valence-corrected chi connectivity index (χ2v) is 8.25. The topological polar surface area (TPSA) is 79.8 Å². The largest absolute Gasteiger partial charge is 0.315 e. The van der Waals surface area contributed by atoms with Gasteiger partial charge in [-0.1, -0.05) is 23.5 Å². The Hall–Kier alpha value is -3.01. The van der Waals surface area contributed by atoms with E-state index in [0.29, 0.717) is 18.0 Å². The van der Waals surface area contributed by atoms with Crippen LogP contribution in [-0.4, -0.2) is 26.9 Å². The van der Waals surface area contributed by atoms with Gasteiger partial charge < -0.3 is 5.32 Å². The van der Waals surface area contributed by atoms with E-state index in [-0.39, 0.29) is 11.7 Å². The lowest BCUT2D eigenvalue weighted by Crippen LogP contribution is -2.41. The quantitative estimate of drug-likeness (QED) is 0.431. The number of amides is 1. The molecule has 0 fully saturated rings. The molecule has 3 aromatic heterocycles. The monoisotopic (exact) mass is 439 g/mol. The van der Waals surface area contributed by atoms with Gasteiger partial charge in [0.05, 0.1) is 23.4 Å². The molecule has 6 nitrogen and oxygen atoms in total. The maximum Gasteiger partial charge on any atom is 0.242 e. The molecular formula is C21H18FN5OS2. The second kappa shape index (κ2) is 9.66. The van der Waals surface area contributed by atoms with E-state index < -0.39 is 6.04 Å². The highest BCUT2D eigenvalue weighted by Crippen LogP contribution is 2.28. The van der Waals surface area contributed by atoms with Gasteiger partial charge in [0, 0.05) is 29.9 Å². The van der Waals surface area contributed by atoms with Crippen LogP contribution in [0.5, 0.6) is 0 Å². The molecule has 0 radical (unpaired) electrons. The molecule has 1 amide bonds. The van der Waals surface area contributed by atoms with Gasteiger partial charge in [-0.3, -0.25) is 15.1 Å². The number of hydrogen-bond donors (Lipinski definition) is 2. The molecule has 152 valence electrons. The van der Waals surface area contributed by atoms with Gasteiger partial charge in [-0.25, -0.2) is 14.4 Å². The van der Waals surface area contributed by atoms with E-state index in [1.165, 1.54) is 34.8 Å². The van der Waals surface area contributed by atoms with Gasteiger partial charge in [0.1, 0.15) is 15.8 Å². The highest BCUT2D eigenvalue weighted by Gasteiger charge is 2.20. The Bertz CT molecular complexity index is 1080. The van der Waals surface area contributed by atoms with Gasteiger partial charge in [0.25, 0.3) is 0 Å². The Morgan fingerprint density at radius 1 is 1.10 bits per heavy atom. The summed E-state index contributed by atoms with van der Waals surface area (Å²) in [7, 11) is 0. The summed E-state index contributed by atoms with van der Waals surface area (Å²) in [6.07, 6.45) is 5.48. The average Bonchev–Trinajstić information content (AvgIpc) is 3.45.